The minimum absolute atomic E-state index is 0.325. The maximum Gasteiger partial charge on any atom is 0.165 e. The number of hydrogen-bond acceptors (Lipinski definition) is 4. The predicted octanol–water partition coefficient (Wildman–Crippen LogP) is 3.68. The third kappa shape index (κ3) is 2.71. The number of rotatable bonds is 0. The van der Waals surface area contributed by atoms with E-state index in [1.54, 1.807) is 22.8 Å². The molecule has 0 saturated carbocycles. The van der Waals surface area contributed by atoms with Gasteiger partial charge in [-0.2, -0.15) is 5.10 Å². The fourth-order valence-electron chi connectivity index (χ4n) is 2.76. The first-order chi connectivity index (χ1) is 11.7. The molecule has 4 bridgehead atoms. The molecule has 4 rings (SSSR count). The Morgan fingerprint density at radius 3 is 3.04 bits per heavy atom. The number of nitrogens with zero attached hydrogens (tertiary/aromatic N) is 3. The van der Waals surface area contributed by atoms with Crippen molar-refractivity contribution in [3.63, 3.8) is 0 Å². The Bertz CT molecular complexity index is 919. The predicted molar refractivity (Wildman–Crippen MR) is 90.7 cm³/mol. The van der Waals surface area contributed by atoms with Gasteiger partial charge >= 0.3 is 0 Å². The molecule has 2 aromatic heterocycles. The second kappa shape index (κ2) is 5.96. The van der Waals surface area contributed by atoms with Crippen LogP contribution in [0.25, 0.3) is 16.8 Å². The fraction of sp³-hybridized carbons (Fsp3) is 0.222. The van der Waals surface area contributed by atoms with Crippen LogP contribution in [0.2, 0.25) is 0 Å². The van der Waals surface area contributed by atoms with E-state index in [2.05, 4.69) is 22.0 Å². The normalized spacial score (nSPS) is 15.0. The molecule has 0 spiro atoms. The summed E-state index contributed by atoms with van der Waals surface area (Å²) in [5.74, 6) is 1.04. The summed E-state index contributed by atoms with van der Waals surface area (Å²) in [6, 6.07) is 6.60. The minimum Gasteiger partial charge on any atom is -0.493 e. The number of nitrogens with one attached hydrogen (secondary N) is 1. The van der Waals surface area contributed by atoms with Crippen molar-refractivity contribution in [3.8, 4) is 16.9 Å². The summed E-state index contributed by atoms with van der Waals surface area (Å²) in [5.41, 5.74) is 2.78. The molecule has 0 saturated heterocycles. The summed E-state index contributed by atoms with van der Waals surface area (Å²) in [4.78, 5) is 4.58. The lowest BCUT2D eigenvalue weighted by atomic mass is 10.1. The summed E-state index contributed by atoms with van der Waals surface area (Å²) in [7, 11) is 0. The van der Waals surface area contributed by atoms with Gasteiger partial charge in [-0.25, -0.2) is 13.9 Å². The van der Waals surface area contributed by atoms with Crippen LogP contribution in [-0.4, -0.2) is 27.7 Å². The molecule has 24 heavy (non-hydrogen) atoms. The van der Waals surface area contributed by atoms with Crippen molar-refractivity contribution in [3.05, 3.63) is 54.6 Å². The van der Waals surface area contributed by atoms with Gasteiger partial charge in [0.1, 0.15) is 17.4 Å². The fourth-order valence-corrected chi connectivity index (χ4v) is 2.76. The number of fused-ring (bicyclic) bond motifs is 4. The van der Waals surface area contributed by atoms with Crippen LogP contribution in [-0.2, 0) is 0 Å². The highest BCUT2D eigenvalue weighted by Crippen LogP contribution is 2.30. The Kier molecular flexibility index (Phi) is 3.65. The van der Waals surface area contributed by atoms with Crippen molar-refractivity contribution < 1.29 is 9.13 Å². The summed E-state index contributed by atoms with van der Waals surface area (Å²) in [6.07, 6.45) is 5.05. The van der Waals surface area contributed by atoms with E-state index in [1.165, 1.54) is 6.07 Å². The van der Waals surface area contributed by atoms with E-state index in [-0.39, 0.29) is 5.82 Å². The molecule has 0 radical (unpaired) electrons. The van der Waals surface area contributed by atoms with Crippen molar-refractivity contribution in [1.29, 1.82) is 0 Å². The molecule has 3 aromatic rings. The molecule has 1 aromatic carbocycles. The molecule has 5 nitrogen and oxygen atoms in total. The second-order valence-corrected chi connectivity index (χ2v) is 5.81. The van der Waals surface area contributed by atoms with E-state index in [4.69, 9.17) is 4.74 Å². The lowest BCUT2D eigenvalue weighted by molar-refractivity contribution is 0.320. The van der Waals surface area contributed by atoms with Gasteiger partial charge in [-0.15, -0.1) is 0 Å². The topological polar surface area (TPSA) is 51.5 Å². The molecule has 122 valence electrons. The molecular formula is C18H17FN4O. The number of aromatic nitrogens is 3. The van der Waals surface area contributed by atoms with E-state index < -0.39 is 0 Å². The van der Waals surface area contributed by atoms with Crippen molar-refractivity contribution in [1.82, 2.24) is 14.6 Å². The average Bonchev–Trinajstić information content (AvgIpc) is 2.99. The molecule has 1 aliphatic rings. The molecule has 0 unspecified atom stereocenters. The van der Waals surface area contributed by atoms with Gasteiger partial charge in [0.2, 0.25) is 0 Å². The Morgan fingerprint density at radius 2 is 2.12 bits per heavy atom. The van der Waals surface area contributed by atoms with Gasteiger partial charge in [0.15, 0.2) is 5.65 Å². The Hall–Kier alpha value is -2.89. The molecule has 6 heteroatoms. The van der Waals surface area contributed by atoms with Gasteiger partial charge in [0.25, 0.3) is 0 Å². The van der Waals surface area contributed by atoms with Crippen molar-refractivity contribution in [2.24, 2.45) is 0 Å². The largest absolute Gasteiger partial charge is 0.493 e. The van der Waals surface area contributed by atoms with Gasteiger partial charge in [0, 0.05) is 30.3 Å². The van der Waals surface area contributed by atoms with Crippen LogP contribution in [0.15, 0.2) is 48.8 Å². The monoisotopic (exact) mass is 324 g/mol. The average molecular weight is 324 g/mol. The van der Waals surface area contributed by atoms with Gasteiger partial charge in [-0.05, 0) is 30.7 Å². The van der Waals surface area contributed by atoms with E-state index in [0.717, 1.165) is 30.8 Å². The zero-order chi connectivity index (χ0) is 16.5. The second-order valence-electron chi connectivity index (χ2n) is 5.81. The van der Waals surface area contributed by atoms with Gasteiger partial charge < -0.3 is 10.1 Å². The summed E-state index contributed by atoms with van der Waals surface area (Å²) >= 11 is 0. The SMILES string of the molecule is C=C1CCNc2ccn3ncc(c3n2)-c2cc(ccc2F)OCC1. The zero-order valence-electron chi connectivity index (χ0n) is 13.1. The number of halogens is 1. The third-order valence-corrected chi connectivity index (χ3v) is 4.11. The van der Waals surface area contributed by atoms with Crippen molar-refractivity contribution >= 4 is 11.5 Å². The summed E-state index contributed by atoms with van der Waals surface area (Å²) in [6.45, 7) is 5.33. The van der Waals surface area contributed by atoms with Gasteiger partial charge in [-0.3, -0.25) is 0 Å². The molecule has 0 atom stereocenters. The Morgan fingerprint density at radius 1 is 1.21 bits per heavy atom. The van der Waals surface area contributed by atoms with Crippen LogP contribution < -0.4 is 10.1 Å². The number of ether oxygens (including phenoxy) is 1. The number of benzene rings is 1. The van der Waals surface area contributed by atoms with Gasteiger partial charge in [0.05, 0.1) is 12.8 Å². The van der Waals surface area contributed by atoms with E-state index >= 15 is 0 Å². The van der Waals surface area contributed by atoms with Crippen LogP contribution in [0.5, 0.6) is 5.75 Å². The number of anilines is 1. The highest BCUT2D eigenvalue weighted by molar-refractivity contribution is 5.78. The highest BCUT2D eigenvalue weighted by Gasteiger charge is 2.14. The maximum atomic E-state index is 14.4. The highest BCUT2D eigenvalue weighted by atomic mass is 19.1. The molecule has 0 fully saturated rings. The molecule has 1 aliphatic heterocycles. The maximum absolute atomic E-state index is 14.4. The van der Waals surface area contributed by atoms with Crippen LogP contribution in [0, 0.1) is 5.82 Å². The lowest BCUT2D eigenvalue weighted by Crippen LogP contribution is -2.07. The number of hydrogen-bond donors (Lipinski definition) is 1. The first kappa shape index (κ1) is 14.7. The van der Waals surface area contributed by atoms with Crippen molar-refractivity contribution in [2.75, 3.05) is 18.5 Å². The van der Waals surface area contributed by atoms with Crippen LogP contribution in [0.4, 0.5) is 10.2 Å². The summed E-state index contributed by atoms with van der Waals surface area (Å²) in [5, 5.41) is 7.54. The quantitative estimate of drug-likeness (QED) is 0.641. The van der Waals surface area contributed by atoms with Gasteiger partial charge in [-0.1, -0.05) is 12.2 Å². The standard InChI is InChI=1S/C18H17FN4O/c1-12-4-7-20-17-5-8-23-18(22-17)15(11-21-23)14-10-13(24-9-6-12)2-3-16(14)19/h2-3,5,8,10-11H,1,4,6-7,9H2,(H,20,22). The molecular weight excluding hydrogens is 307 g/mol. The van der Waals surface area contributed by atoms with E-state index in [9.17, 15) is 4.39 Å². The molecule has 3 heterocycles. The molecule has 0 amide bonds. The first-order valence-corrected chi connectivity index (χ1v) is 7.88. The summed E-state index contributed by atoms with van der Waals surface area (Å²) < 4.78 is 21.7. The zero-order valence-corrected chi connectivity index (χ0v) is 13.1. The van der Waals surface area contributed by atoms with Crippen LogP contribution in [0.1, 0.15) is 12.8 Å². The van der Waals surface area contributed by atoms with E-state index in [1.807, 2.05) is 12.3 Å². The third-order valence-electron chi connectivity index (χ3n) is 4.11. The van der Waals surface area contributed by atoms with Crippen molar-refractivity contribution in [2.45, 2.75) is 12.8 Å². The Balaban J connectivity index is 1.86. The van der Waals surface area contributed by atoms with Crippen LogP contribution in [0.3, 0.4) is 0 Å². The minimum atomic E-state index is -0.325. The lowest BCUT2D eigenvalue weighted by Gasteiger charge is -2.12. The van der Waals surface area contributed by atoms with Crippen LogP contribution >= 0.6 is 0 Å². The Labute approximate surface area is 138 Å². The first-order valence-electron chi connectivity index (χ1n) is 7.88. The molecule has 1 N–H and O–H groups in total. The molecule has 0 aliphatic carbocycles. The smallest absolute Gasteiger partial charge is 0.165 e. The van der Waals surface area contributed by atoms with E-state index in [0.29, 0.717) is 29.1 Å².